The highest BCUT2D eigenvalue weighted by molar-refractivity contribution is 5.94. The van der Waals surface area contributed by atoms with Gasteiger partial charge >= 0.3 is 0 Å². The number of anilines is 1. The van der Waals surface area contributed by atoms with E-state index < -0.39 is 0 Å². The van der Waals surface area contributed by atoms with E-state index in [1.807, 2.05) is 6.07 Å². The van der Waals surface area contributed by atoms with Crippen molar-refractivity contribution in [1.29, 1.82) is 0 Å². The lowest BCUT2D eigenvalue weighted by Crippen LogP contribution is -2.44. The highest BCUT2D eigenvalue weighted by Gasteiger charge is 2.43. The van der Waals surface area contributed by atoms with Crippen LogP contribution < -0.4 is 5.32 Å². The number of hydrogen-bond acceptors (Lipinski definition) is 4. The molecule has 1 amide bonds. The Balaban J connectivity index is 1.38. The van der Waals surface area contributed by atoms with E-state index in [-0.39, 0.29) is 17.7 Å². The second-order valence-electron chi connectivity index (χ2n) is 11.8. The summed E-state index contributed by atoms with van der Waals surface area (Å²) in [6, 6.07) is 6.75. The number of benzene rings is 1. The second-order valence-corrected chi connectivity index (χ2v) is 11.8. The number of rotatable bonds is 7. The smallest absolute Gasteiger partial charge is 0.229 e. The molecular weight excluding hydrogens is 422 g/mol. The lowest BCUT2D eigenvalue weighted by atomic mass is 9.71. The van der Waals surface area contributed by atoms with Gasteiger partial charge in [0.1, 0.15) is 11.6 Å². The molecule has 2 aromatic rings. The van der Waals surface area contributed by atoms with Crippen LogP contribution >= 0.6 is 0 Å². The van der Waals surface area contributed by atoms with Crippen LogP contribution in [0.3, 0.4) is 0 Å². The van der Waals surface area contributed by atoms with Crippen molar-refractivity contribution in [2.45, 2.75) is 84.1 Å². The molecule has 5 rings (SSSR count). The first-order valence-electron chi connectivity index (χ1n) is 13.3. The standard InChI is InChI=1S/C28H41N5O/c1-17(2)12-20-14-21(15-20)26-30-31-27(33(26)22-7-8-22)23-10-11-32(5)16-24(23)28(34)29-25-9-6-18(3)13-19(25)4/h6,9,13,17,20-24H,7-8,10-12,14-16H2,1-5H3,(H,29,34)/t20-,21+,23-,24-/m0/s1. The van der Waals surface area contributed by atoms with Gasteiger partial charge in [-0.15, -0.1) is 10.2 Å². The predicted octanol–water partition coefficient (Wildman–Crippen LogP) is 5.44. The maximum absolute atomic E-state index is 13.6. The summed E-state index contributed by atoms with van der Waals surface area (Å²) in [5.74, 6) is 4.51. The zero-order chi connectivity index (χ0) is 24.0. The molecule has 0 unspecified atom stereocenters. The van der Waals surface area contributed by atoms with E-state index in [1.165, 1.54) is 43.5 Å². The van der Waals surface area contributed by atoms with Crippen LogP contribution in [0.5, 0.6) is 0 Å². The SMILES string of the molecule is Cc1ccc(NC(=O)[C@H]2CN(C)CC[C@@H]2c2nnc([C@H]3C[C@@H](CC(C)C)C3)n2C2CC2)c(C)c1. The van der Waals surface area contributed by atoms with Crippen LogP contribution in [0.15, 0.2) is 18.2 Å². The van der Waals surface area contributed by atoms with Gasteiger partial charge in [-0.2, -0.15) is 0 Å². The van der Waals surface area contributed by atoms with Gasteiger partial charge in [-0.05, 0) is 89.4 Å². The van der Waals surface area contributed by atoms with E-state index >= 15 is 0 Å². The van der Waals surface area contributed by atoms with Crippen LogP contribution in [-0.2, 0) is 4.79 Å². The quantitative estimate of drug-likeness (QED) is 0.594. The van der Waals surface area contributed by atoms with Crippen LogP contribution in [0.25, 0.3) is 0 Å². The number of carbonyl (C=O) groups excluding carboxylic acids is 1. The number of aromatic nitrogens is 3. The van der Waals surface area contributed by atoms with Crippen molar-refractivity contribution in [3.63, 3.8) is 0 Å². The Hall–Kier alpha value is -2.21. The Morgan fingerprint density at radius 1 is 1.12 bits per heavy atom. The molecule has 3 aliphatic rings. The Labute approximate surface area is 204 Å². The summed E-state index contributed by atoms with van der Waals surface area (Å²) in [6.07, 6.45) is 7.18. The van der Waals surface area contributed by atoms with Crippen LogP contribution in [0.2, 0.25) is 0 Å². The average Bonchev–Trinajstić information content (AvgIpc) is 3.51. The summed E-state index contributed by atoms with van der Waals surface area (Å²) in [4.78, 5) is 15.9. The van der Waals surface area contributed by atoms with Crippen molar-refractivity contribution in [2.24, 2.45) is 17.8 Å². The topological polar surface area (TPSA) is 63.1 Å². The molecule has 1 saturated heterocycles. The Kier molecular flexibility index (Phi) is 6.54. The van der Waals surface area contributed by atoms with Crippen LogP contribution in [0.1, 0.15) is 93.0 Å². The van der Waals surface area contributed by atoms with Crippen molar-refractivity contribution in [2.75, 3.05) is 25.5 Å². The number of carbonyl (C=O) groups is 1. The Morgan fingerprint density at radius 3 is 2.53 bits per heavy atom. The molecule has 1 aliphatic heterocycles. The molecule has 6 heteroatoms. The number of amides is 1. The molecule has 2 atom stereocenters. The molecule has 2 aliphatic carbocycles. The van der Waals surface area contributed by atoms with E-state index in [0.29, 0.717) is 12.0 Å². The zero-order valence-corrected chi connectivity index (χ0v) is 21.6. The third-order valence-electron chi connectivity index (χ3n) is 8.19. The first kappa shape index (κ1) is 23.5. The van der Waals surface area contributed by atoms with E-state index in [1.54, 1.807) is 0 Å². The van der Waals surface area contributed by atoms with E-state index in [4.69, 9.17) is 10.2 Å². The summed E-state index contributed by atoms with van der Waals surface area (Å²) < 4.78 is 2.48. The van der Waals surface area contributed by atoms with Gasteiger partial charge in [-0.25, -0.2) is 0 Å². The van der Waals surface area contributed by atoms with Gasteiger partial charge < -0.3 is 14.8 Å². The molecule has 184 valence electrons. The molecule has 2 heterocycles. The fourth-order valence-electron chi connectivity index (χ4n) is 6.23. The van der Waals surface area contributed by atoms with Crippen molar-refractivity contribution in [3.05, 3.63) is 41.0 Å². The highest BCUT2D eigenvalue weighted by Crippen LogP contribution is 2.48. The number of likely N-dealkylation sites (tertiary alicyclic amines) is 1. The molecule has 3 fully saturated rings. The molecule has 1 aromatic carbocycles. The van der Waals surface area contributed by atoms with Crippen molar-refractivity contribution >= 4 is 11.6 Å². The van der Waals surface area contributed by atoms with Crippen molar-refractivity contribution < 1.29 is 4.79 Å². The highest BCUT2D eigenvalue weighted by atomic mass is 16.2. The summed E-state index contributed by atoms with van der Waals surface area (Å²) in [5, 5.41) is 12.8. The van der Waals surface area contributed by atoms with Crippen LogP contribution in [0.4, 0.5) is 5.69 Å². The first-order valence-corrected chi connectivity index (χ1v) is 13.3. The van der Waals surface area contributed by atoms with Gasteiger partial charge in [0.15, 0.2) is 0 Å². The molecule has 0 bridgehead atoms. The van der Waals surface area contributed by atoms with E-state index in [0.717, 1.165) is 48.4 Å². The minimum atomic E-state index is -0.121. The van der Waals surface area contributed by atoms with Gasteiger partial charge in [0, 0.05) is 30.1 Å². The largest absolute Gasteiger partial charge is 0.326 e. The van der Waals surface area contributed by atoms with Gasteiger partial charge in [-0.1, -0.05) is 31.5 Å². The molecule has 1 aromatic heterocycles. The number of hydrogen-bond donors (Lipinski definition) is 1. The molecule has 2 saturated carbocycles. The lowest BCUT2D eigenvalue weighted by Gasteiger charge is -2.37. The van der Waals surface area contributed by atoms with Gasteiger partial charge in [0.05, 0.1) is 5.92 Å². The van der Waals surface area contributed by atoms with Crippen LogP contribution in [-0.4, -0.2) is 45.7 Å². The first-order chi connectivity index (χ1) is 16.3. The van der Waals surface area contributed by atoms with Crippen LogP contribution in [0, 0.1) is 31.6 Å². The fourth-order valence-corrected chi connectivity index (χ4v) is 6.23. The maximum Gasteiger partial charge on any atom is 0.229 e. The lowest BCUT2D eigenvalue weighted by molar-refractivity contribution is -0.122. The normalized spacial score (nSPS) is 27.6. The van der Waals surface area contributed by atoms with Gasteiger partial charge in [-0.3, -0.25) is 4.79 Å². The second kappa shape index (κ2) is 9.44. The Morgan fingerprint density at radius 2 is 1.85 bits per heavy atom. The Bertz CT molecular complexity index is 1030. The summed E-state index contributed by atoms with van der Waals surface area (Å²) >= 11 is 0. The number of nitrogens with zero attached hydrogens (tertiary/aromatic N) is 4. The van der Waals surface area contributed by atoms with Gasteiger partial charge in [0.25, 0.3) is 0 Å². The summed E-state index contributed by atoms with van der Waals surface area (Å²) in [5.41, 5.74) is 3.23. The minimum Gasteiger partial charge on any atom is -0.326 e. The molecule has 1 N–H and O–H groups in total. The molecule has 0 spiro atoms. The number of nitrogens with one attached hydrogen (secondary N) is 1. The third kappa shape index (κ3) is 4.79. The van der Waals surface area contributed by atoms with Gasteiger partial charge in [0.2, 0.25) is 5.91 Å². The monoisotopic (exact) mass is 463 g/mol. The predicted molar refractivity (Wildman–Crippen MR) is 136 cm³/mol. The van der Waals surface area contributed by atoms with E-state index in [9.17, 15) is 4.79 Å². The minimum absolute atomic E-state index is 0.107. The third-order valence-corrected chi connectivity index (χ3v) is 8.19. The summed E-state index contributed by atoms with van der Waals surface area (Å²) in [6.45, 7) is 10.5. The average molecular weight is 464 g/mol. The van der Waals surface area contributed by atoms with Crippen molar-refractivity contribution in [3.8, 4) is 0 Å². The van der Waals surface area contributed by atoms with Crippen molar-refractivity contribution in [1.82, 2.24) is 19.7 Å². The number of aryl methyl sites for hydroxylation is 2. The molecule has 6 nitrogen and oxygen atoms in total. The maximum atomic E-state index is 13.6. The molecule has 34 heavy (non-hydrogen) atoms. The zero-order valence-electron chi connectivity index (χ0n) is 21.6. The molecule has 0 radical (unpaired) electrons. The molecular formula is C28H41N5O. The number of piperidine rings is 1. The van der Waals surface area contributed by atoms with E-state index in [2.05, 4.69) is 61.7 Å². The summed E-state index contributed by atoms with van der Waals surface area (Å²) in [7, 11) is 2.12. The fraction of sp³-hybridized carbons (Fsp3) is 0.679.